The molecular weight excluding hydrogens is 448 g/mol. The highest BCUT2D eigenvalue weighted by Crippen LogP contribution is 2.33. The van der Waals surface area contributed by atoms with Crippen molar-refractivity contribution < 1.29 is 9.15 Å². The lowest BCUT2D eigenvalue weighted by Crippen LogP contribution is -2.33. The van der Waals surface area contributed by atoms with E-state index in [0.29, 0.717) is 11.3 Å². The van der Waals surface area contributed by atoms with E-state index in [1.807, 2.05) is 24.3 Å². The molecule has 0 N–H and O–H groups in total. The van der Waals surface area contributed by atoms with Gasteiger partial charge in [-0.15, -0.1) is 10.2 Å². The summed E-state index contributed by atoms with van der Waals surface area (Å²) in [6.07, 6.45) is 6.02. The van der Waals surface area contributed by atoms with Crippen molar-refractivity contribution in [2.75, 3.05) is 24.6 Å². The SMILES string of the molecule is O=c1cc(CSc2nnc(N3CCCCC3)n2CC2CCCO2)c2c(ccc3ccccc32)o1. The van der Waals surface area contributed by atoms with Crippen molar-refractivity contribution >= 4 is 39.5 Å². The number of thioether (sulfide) groups is 1. The molecule has 176 valence electrons. The van der Waals surface area contributed by atoms with E-state index in [4.69, 9.17) is 9.15 Å². The van der Waals surface area contributed by atoms with Crippen LogP contribution in [-0.4, -0.2) is 40.6 Å². The molecule has 1 unspecified atom stereocenters. The van der Waals surface area contributed by atoms with Crippen molar-refractivity contribution in [3.63, 3.8) is 0 Å². The average molecular weight is 477 g/mol. The van der Waals surface area contributed by atoms with E-state index in [1.54, 1.807) is 17.8 Å². The van der Waals surface area contributed by atoms with Crippen LogP contribution >= 0.6 is 11.8 Å². The zero-order valence-corrected chi connectivity index (χ0v) is 19.9. The molecule has 4 heterocycles. The van der Waals surface area contributed by atoms with Crippen LogP contribution in [-0.2, 0) is 17.0 Å². The summed E-state index contributed by atoms with van der Waals surface area (Å²) >= 11 is 1.63. The largest absolute Gasteiger partial charge is 0.423 e. The molecule has 2 aliphatic heterocycles. The molecule has 7 nitrogen and oxygen atoms in total. The molecule has 2 aromatic heterocycles. The Morgan fingerprint density at radius 1 is 1.03 bits per heavy atom. The highest BCUT2D eigenvalue weighted by molar-refractivity contribution is 7.98. The molecule has 0 amide bonds. The molecule has 2 saturated heterocycles. The number of aromatic nitrogens is 3. The van der Waals surface area contributed by atoms with Crippen LogP contribution in [0.3, 0.4) is 0 Å². The van der Waals surface area contributed by atoms with Gasteiger partial charge >= 0.3 is 5.63 Å². The number of piperidine rings is 1. The summed E-state index contributed by atoms with van der Waals surface area (Å²) in [5, 5.41) is 13.3. The maximum atomic E-state index is 12.3. The summed E-state index contributed by atoms with van der Waals surface area (Å²) in [7, 11) is 0. The standard InChI is InChI=1S/C26H28N4O3S/c31-23-15-19(24-21-9-3-2-7-18(21)10-11-22(24)33-23)17-34-26-28-27-25(29-12-4-1-5-13-29)30(26)16-20-8-6-14-32-20/h2-3,7,9-11,15,20H,1,4-6,8,12-14,16-17H2. The molecule has 8 heteroatoms. The molecule has 1 atom stereocenters. The molecule has 34 heavy (non-hydrogen) atoms. The maximum absolute atomic E-state index is 12.3. The second-order valence-electron chi connectivity index (χ2n) is 9.12. The quantitative estimate of drug-likeness (QED) is 0.220. The fourth-order valence-corrected chi connectivity index (χ4v) is 6.07. The highest BCUT2D eigenvalue weighted by atomic mass is 32.2. The van der Waals surface area contributed by atoms with Crippen LogP contribution in [0.2, 0.25) is 0 Å². The molecule has 2 aromatic carbocycles. The van der Waals surface area contributed by atoms with Gasteiger partial charge in [0.15, 0.2) is 5.16 Å². The van der Waals surface area contributed by atoms with Gasteiger partial charge in [0.25, 0.3) is 0 Å². The second-order valence-corrected chi connectivity index (χ2v) is 10.1. The van der Waals surface area contributed by atoms with Crippen molar-refractivity contribution in [2.24, 2.45) is 0 Å². The lowest BCUT2D eigenvalue weighted by atomic mass is 10.0. The van der Waals surface area contributed by atoms with E-state index in [0.717, 1.165) is 71.9 Å². The normalized spacial score (nSPS) is 18.8. The van der Waals surface area contributed by atoms with Crippen molar-refractivity contribution in [1.82, 2.24) is 14.8 Å². The number of fused-ring (bicyclic) bond motifs is 3. The lowest BCUT2D eigenvalue weighted by molar-refractivity contribution is 0.0951. The predicted octanol–water partition coefficient (Wildman–Crippen LogP) is 5.00. The molecule has 4 aromatic rings. The summed E-state index contributed by atoms with van der Waals surface area (Å²) in [6.45, 7) is 3.63. The van der Waals surface area contributed by atoms with Crippen molar-refractivity contribution in [3.05, 3.63) is 58.4 Å². The van der Waals surface area contributed by atoms with Crippen molar-refractivity contribution in [3.8, 4) is 0 Å². The van der Waals surface area contributed by atoms with E-state index >= 15 is 0 Å². The molecule has 0 spiro atoms. The minimum absolute atomic E-state index is 0.201. The molecular formula is C26H28N4O3S. The van der Waals surface area contributed by atoms with E-state index in [9.17, 15) is 4.79 Å². The Morgan fingerprint density at radius 3 is 2.76 bits per heavy atom. The number of benzene rings is 2. The van der Waals surface area contributed by atoms with Gasteiger partial charge in [0.1, 0.15) is 5.58 Å². The molecule has 0 saturated carbocycles. The average Bonchev–Trinajstić information content (AvgIpc) is 3.53. The van der Waals surface area contributed by atoms with Gasteiger partial charge in [-0.2, -0.15) is 0 Å². The van der Waals surface area contributed by atoms with Crippen LogP contribution in [0.1, 0.15) is 37.7 Å². The van der Waals surface area contributed by atoms with Crippen LogP contribution in [0.15, 0.2) is 56.8 Å². The van der Waals surface area contributed by atoms with Gasteiger partial charge in [-0.3, -0.25) is 4.57 Å². The number of rotatable bonds is 6. The topological polar surface area (TPSA) is 73.4 Å². The number of hydrogen-bond acceptors (Lipinski definition) is 7. The number of nitrogens with zero attached hydrogens (tertiary/aromatic N) is 4. The van der Waals surface area contributed by atoms with Gasteiger partial charge in [0.2, 0.25) is 5.95 Å². The van der Waals surface area contributed by atoms with E-state index < -0.39 is 0 Å². The Bertz CT molecular complexity index is 1370. The first-order chi connectivity index (χ1) is 16.8. The first-order valence-corrected chi connectivity index (χ1v) is 13.1. The van der Waals surface area contributed by atoms with Crippen LogP contribution in [0.25, 0.3) is 21.7 Å². The fraction of sp³-hybridized carbons (Fsp3) is 0.423. The number of anilines is 1. The number of ether oxygens (including phenoxy) is 1. The van der Waals surface area contributed by atoms with Crippen molar-refractivity contribution in [1.29, 1.82) is 0 Å². The molecule has 0 radical (unpaired) electrons. The van der Waals surface area contributed by atoms with Gasteiger partial charge in [-0.1, -0.05) is 42.1 Å². The lowest BCUT2D eigenvalue weighted by Gasteiger charge is -2.28. The predicted molar refractivity (Wildman–Crippen MR) is 135 cm³/mol. The third-order valence-corrected chi connectivity index (χ3v) is 7.83. The van der Waals surface area contributed by atoms with Crippen molar-refractivity contribution in [2.45, 2.75) is 55.7 Å². The zero-order chi connectivity index (χ0) is 22.9. The third-order valence-electron chi connectivity index (χ3n) is 6.82. The Morgan fingerprint density at radius 2 is 1.91 bits per heavy atom. The summed E-state index contributed by atoms with van der Waals surface area (Å²) in [4.78, 5) is 14.7. The van der Waals surface area contributed by atoms with Crippen LogP contribution in [0.5, 0.6) is 0 Å². The summed E-state index contributed by atoms with van der Waals surface area (Å²) in [5.74, 6) is 1.56. The minimum Gasteiger partial charge on any atom is -0.423 e. The Balaban J connectivity index is 1.35. The highest BCUT2D eigenvalue weighted by Gasteiger charge is 2.25. The Kier molecular flexibility index (Phi) is 6.01. The Hall–Kier alpha value is -2.84. The van der Waals surface area contributed by atoms with E-state index in [1.165, 1.54) is 19.3 Å². The van der Waals surface area contributed by atoms with Gasteiger partial charge in [-0.25, -0.2) is 4.79 Å². The number of hydrogen-bond donors (Lipinski definition) is 0. The summed E-state index contributed by atoms with van der Waals surface area (Å²) < 4.78 is 13.7. The Labute approximate surface area is 202 Å². The van der Waals surface area contributed by atoms with E-state index in [2.05, 4.69) is 31.8 Å². The fourth-order valence-electron chi connectivity index (χ4n) is 5.14. The second kappa shape index (κ2) is 9.43. The molecule has 0 aliphatic carbocycles. The minimum atomic E-state index is -0.326. The monoisotopic (exact) mass is 476 g/mol. The molecule has 2 aliphatic rings. The van der Waals surface area contributed by atoms with Gasteiger partial charge in [-0.05, 0) is 54.5 Å². The molecule has 2 fully saturated rings. The van der Waals surface area contributed by atoms with Crippen LogP contribution in [0.4, 0.5) is 5.95 Å². The van der Waals surface area contributed by atoms with E-state index in [-0.39, 0.29) is 11.7 Å². The van der Waals surface area contributed by atoms with Crippen LogP contribution < -0.4 is 10.5 Å². The first kappa shape index (κ1) is 21.7. The first-order valence-electron chi connectivity index (χ1n) is 12.1. The summed E-state index contributed by atoms with van der Waals surface area (Å²) in [6, 6.07) is 13.7. The van der Waals surface area contributed by atoms with Gasteiger partial charge < -0.3 is 14.1 Å². The molecule has 0 bridgehead atoms. The smallest absolute Gasteiger partial charge is 0.336 e. The van der Waals surface area contributed by atoms with Gasteiger partial charge in [0, 0.05) is 36.9 Å². The third kappa shape index (κ3) is 4.20. The summed E-state index contributed by atoms with van der Waals surface area (Å²) in [5.41, 5.74) is 1.25. The maximum Gasteiger partial charge on any atom is 0.336 e. The zero-order valence-electron chi connectivity index (χ0n) is 19.1. The molecule has 6 rings (SSSR count). The van der Waals surface area contributed by atoms with Gasteiger partial charge in [0.05, 0.1) is 12.6 Å². The van der Waals surface area contributed by atoms with Crippen LogP contribution in [0, 0.1) is 0 Å².